The average molecular weight is 325 g/mol. The van der Waals surface area contributed by atoms with Gasteiger partial charge in [-0.1, -0.05) is 30.3 Å². The highest BCUT2D eigenvalue weighted by Gasteiger charge is 2.20. The van der Waals surface area contributed by atoms with E-state index in [2.05, 4.69) is 4.98 Å². The number of aliphatic carboxylic acids is 2. The SMILES string of the molecule is O=C(O)CCCCC(Sc1nc2ccccc2s1)C(=O)O. The lowest BCUT2D eigenvalue weighted by atomic mass is 10.1. The van der Waals surface area contributed by atoms with Crippen LogP contribution in [0.15, 0.2) is 28.6 Å². The molecule has 1 atom stereocenters. The third-order valence-corrected chi connectivity index (χ3v) is 5.28. The van der Waals surface area contributed by atoms with Gasteiger partial charge in [0.15, 0.2) is 4.34 Å². The number of thiazole rings is 1. The Morgan fingerprint density at radius 2 is 2.00 bits per heavy atom. The minimum atomic E-state index is -0.880. The summed E-state index contributed by atoms with van der Waals surface area (Å²) >= 11 is 2.72. The zero-order chi connectivity index (χ0) is 15.2. The molecule has 0 bridgehead atoms. The summed E-state index contributed by atoms with van der Waals surface area (Å²) in [5.74, 6) is -1.73. The van der Waals surface area contributed by atoms with Crippen molar-refractivity contribution >= 4 is 45.3 Å². The van der Waals surface area contributed by atoms with Crippen molar-refractivity contribution in [3.63, 3.8) is 0 Å². The van der Waals surface area contributed by atoms with E-state index in [1.807, 2.05) is 24.3 Å². The van der Waals surface area contributed by atoms with E-state index in [4.69, 9.17) is 5.11 Å². The number of hydrogen-bond acceptors (Lipinski definition) is 5. The van der Waals surface area contributed by atoms with Gasteiger partial charge in [-0.05, 0) is 25.0 Å². The van der Waals surface area contributed by atoms with Gasteiger partial charge >= 0.3 is 11.9 Å². The summed E-state index contributed by atoms with van der Waals surface area (Å²) in [4.78, 5) is 26.1. The second-order valence-corrected chi connectivity index (χ2v) is 7.01. The number of fused-ring (bicyclic) bond motifs is 1. The fourth-order valence-electron chi connectivity index (χ4n) is 1.86. The quantitative estimate of drug-likeness (QED) is 0.570. The zero-order valence-corrected chi connectivity index (χ0v) is 12.8. The Morgan fingerprint density at radius 3 is 2.67 bits per heavy atom. The molecular formula is C14H15NO4S2. The largest absolute Gasteiger partial charge is 0.481 e. The molecule has 0 saturated carbocycles. The van der Waals surface area contributed by atoms with Gasteiger partial charge in [0.05, 0.1) is 10.2 Å². The van der Waals surface area contributed by atoms with Crippen molar-refractivity contribution in [1.82, 2.24) is 4.98 Å². The molecule has 0 saturated heterocycles. The Balaban J connectivity index is 1.95. The maximum Gasteiger partial charge on any atom is 0.317 e. The van der Waals surface area contributed by atoms with Crippen molar-refractivity contribution in [3.05, 3.63) is 24.3 Å². The predicted molar refractivity (Wildman–Crippen MR) is 83.0 cm³/mol. The van der Waals surface area contributed by atoms with Crippen LogP contribution in [0, 0.1) is 0 Å². The lowest BCUT2D eigenvalue weighted by molar-refractivity contribution is -0.137. The highest BCUT2D eigenvalue weighted by atomic mass is 32.2. The Hall–Kier alpha value is -1.60. The zero-order valence-electron chi connectivity index (χ0n) is 11.2. The Morgan fingerprint density at radius 1 is 1.24 bits per heavy atom. The average Bonchev–Trinajstić information content (AvgIpc) is 2.84. The number of carboxylic acids is 2. The number of hydrogen-bond donors (Lipinski definition) is 2. The third kappa shape index (κ3) is 4.71. The van der Waals surface area contributed by atoms with Gasteiger partial charge in [0.1, 0.15) is 5.25 Å². The molecule has 2 aromatic rings. The minimum Gasteiger partial charge on any atom is -0.481 e. The first-order valence-corrected chi connectivity index (χ1v) is 8.22. The molecule has 0 fully saturated rings. The molecule has 0 radical (unpaired) electrons. The molecule has 5 nitrogen and oxygen atoms in total. The highest BCUT2D eigenvalue weighted by molar-refractivity contribution is 8.02. The predicted octanol–water partition coefficient (Wildman–Crippen LogP) is 3.49. The highest BCUT2D eigenvalue weighted by Crippen LogP contribution is 2.33. The molecular weight excluding hydrogens is 310 g/mol. The normalized spacial score (nSPS) is 12.4. The van der Waals surface area contributed by atoms with Crippen LogP contribution < -0.4 is 0 Å². The number of benzene rings is 1. The van der Waals surface area contributed by atoms with E-state index >= 15 is 0 Å². The summed E-state index contributed by atoms with van der Waals surface area (Å²) in [5, 5.41) is 17.2. The third-order valence-electron chi connectivity index (χ3n) is 2.90. The van der Waals surface area contributed by atoms with E-state index in [0.717, 1.165) is 14.6 Å². The van der Waals surface area contributed by atoms with Crippen molar-refractivity contribution in [1.29, 1.82) is 0 Å². The van der Waals surface area contributed by atoms with Gasteiger partial charge in [-0.25, -0.2) is 4.98 Å². The molecule has 112 valence electrons. The van der Waals surface area contributed by atoms with E-state index in [-0.39, 0.29) is 6.42 Å². The van der Waals surface area contributed by atoms with E-state index in [0.29, 0.717) is 19.3 Å². The number of thioether (sulfide) groups is 1. The molecule has 1 heterocycles. The summed E-state index contributed by atoms with van der Waals surface area (Å²) in [5.41, 5.74) is 0.875. The second-order valence-electron chi connectivity index (χ2n) is 4.53. The van der Waals surface area contributed by atoms with Crippen molar-refractivity contribution in [2.75, 3.05) is 0 Å². The standard InChI is InChI=1S/C14H15NO4S2/c16-12(17)8-4-3-7-11(13(18)19)21-14-15-9-5-1-2-6-10(9)20-14/h1-2,5-6,11H,3-4,7-8H2,(H,16,17)(H,18,19). The maximum atomic E-state index is 11.3. The number of carbonyl (C=O) groups is 2. The molecule has 0 aliphatic heterocycles. The molecule has 0 amide bonds. The fraction of sp³-hybridized carbons (Fsp3) is 0.357. The summed E-state index contributed by atoms with van der Waals surface area (Å²) in [6.07, 6.45) is 1.61. The van der Waals surface area contributed by atoms with Crippen molar-refractivity contribution in [2.45, 2.75) is 35.3 Å². The molecule has 21 heavy (non-hydrogen) atoms. The van der Waals surface area contributed by atoms with E-state index < -0.39 is 17.2 Å². The van der Waals surface area contributed by atoms with Crippen molar-refractivity contribution < 1.29 is 19.8 Å². The molecule has 1 unspecified atom stereocenters. The van der Waals surface area contributed by atoms with Crippen LogP contribution in [0.5, 0.6) is 0 Å². The molecule has 2 N–H and O–H groups in total. The lowest BCUT2D eigenvalue weighted by Gasteiger charge is -2.09. The maximum absolute atomic E-state index is 11.3. The number of para-hydroxylation sites is 1. The van der Waals surface area contributed by atoms with E-state index in [9.17, 15) is 14.7 Å². The summed E-state index contributed by atoms with van der Waals surface area (Å²) in [6, 6.07) is 7.69. The van der Waals surface area contributed by atoms with Gasteiger partial charge in [-0.15, -0.1) is 11.3 Å². The lowest BCUT2D eigenvalue weighted by Crippen LogP contribution is -2.16. The van der Waals surface area contributed by atoms with Crippen LogP contribution in [0.25, 0.3) is 10.2 Å². The topological polar surface area (TPSA) is 87.5 Å². The smallest absolute Gasteiger partial charge is 0.317 e. The van der Waals surface area contributed by atoms with Gasteiger partial charge in [0.25, 0.3) is 0 Å². The molecule has 1 aromatic carbocycles. The van der Waals surface area contributed by atoms with Gasteiger partial charge in [-0.3, -0.25) is 9.59 Å². The van der Waals surface area contributed by atoms with Crippen LogP contribution in [-0.4, -0.2) is 32.4 Å². The molecule has 1 aromatic heterocycles. The summed E-state index contributed by atoms with van der Waals surface area (Å²) in [7, 11) is 0. The van der Waals surface area contributed by atoms with Crippen LogP contribution in [0.4, 0.5) is 0 Å². The monoisotopic (exact) mass is 325 g/mol. The van der Waals surface area contributed by atoms with Gasteiger partial charge in [0.2, 0.25) is 0 Å². The van der Waals surface area contributed by atoms with Crippen LogP contribution in [0.3, 0.4) is 0 Å². The molecule has 7 heteroatoms. The van der Waals surface area contributed by atoms with Crippen molar-refractivity contribution in [3.8, 4) is 0 Å². The van der Waals surface area contributed by atoms with Gasteiger partial charge in [-0.2, -0.15) is 0 Å². The number of unbranched alkanes of at least 4 members (excludes halogenated alkanes) is 1. The number of carboxylic acid groups (broad SMARTS) is 2. The number of aromatic nitrogens is 1. The molecule has 2 rings (SSSR count). The molecule has 0 aliphatic rings. The number of rotatable bonds is 8. The van der Waals surface area contributed by atoms with Gasteiger partial charge < -0.3 is 10.2 Å². The van der Waals surface area contributed by atoms with Crippen LogP contribution in [0.2, 0.25) is 0 Å². The van der Waals surface area contributed by atoms with Crippen LogP contribution in [-0.2, 0) is 9.59 Å². The first kappa shape index (κ1) is 15.8. The first-order valence-electron chi connectivity index (χ1n) is 6.53. The minimum absolute atomic E-state index is 0.0815. The Kier molecular flexibility index (Phi) is 5.58. The summed E-state index contributed by atoms with van der Waals surface area (Å²) < 4.78 is 1.77. The summed E-state index contributed by atoms with van der Waals surface area (Å²) in [6.45, 7) is 0. The van der Waals surface area contributed by atoms with Crippen LogP contribution in [0.1, 0.15) is 25.7 Å². The molecule has 0 aliphatic carbocycles. The van der Waals surface area contributed by atoms with Gasteiger partial charge in [0, 0.05) is 6.42 Å². The van der Waals surface area contributed by atoms with Crippen LogP contribution >= 0.6 is 23.1 Å². The fourth-order valence-corrected chi connectivity index (χ4v) is 4.15. The Labute approximate surface area is 130 Å². The molecule has 0 spiro atoms. The second kappa shape index (κ2) is 7.42. The number of nitrogens with zero attached hydrogens (tertiary/aromatic N) is 1. The van der Waals surface area contributed by atoms with E-state index in [1.54, 1.807) is 0 Å². The first-order chi connectivity index (χ1) is 10.1. The Bertz CT molecular complexity index is 608. The van der Waals surface area contributed by atoms with Crippen molar-refractivity contribution in [2.24, 2.45) is 0 Å². The van der Waals surface area contributed by atoms with E-state index in [1.165, 1.54) is 23.1 Å².